The highest BCUT2D eigenvalue weighted by Gasteiger charge is 2.56. The molecule has 1 fully saturated rings. The Morgan fingerprint density at radius 1 is 0.895 bits per heavy atom. The number of ether oxygens (including phenoxy) is 1. The van der Waals surface area contributed by atoms with Gasteiger partial charge in [-0.3, -0.25) is 14.5 Å². The summed E-state index contributed by atoms with van der Waals surface area (Å²) in [7, 11) is 2.91. The third kappa shape index (κ3) is 5.34. The molecule has 7 nitrogen and oxygen atoms in total. The topological polar surface area (TPSA) is 78.7 Å². The van der Waals surface area contributed by atoms with E-state index in [1.165, 1.54) is 12.0 Å². The number of nitrogens with one attached hydrogen (secondary N) is 1. The average molecular weight is 514 g/mol. The molecule has 4 rings (SSSR count). The molecule has 1 N–H and O–H groups in total. The molecule has 7 heteroatoms. The van der Waals surface area contributed by atoms with E-state index in [0.29, 0.717) is 6.54 Å². The van der Waals surface area contributed by atoms with E-state index < -0.39 is 29.5 Å². The molecule has 0 saturated carbocycles. The molecular formula is C31H35N3O4. The monoisotopic (exact) mass is 513 g/mol. The van der Waals surface area contributed by atoms with E-state index in [2.05, 4.69) is 46.6 Å². The lowest BCUT2D eigenvalue weighted by Crippen LogP contribution is -2.49. The van der Waals surface area contributed by atoms with Crippen molar-refractivity contribution < 1.29 is 19.1 Å². The van der Waals surface area contributed by atoms with Crippen molar-refractivity contribution in [1.29, 1.82) is 0 Å². The second-order valence-electron chi connectivity index (χ2n) is 9.98. The number of esters is 1. The number of hydrogen-bond donors (Lipinski definition) is 1. The van der Waals surface area contributed by atoms with Gasteiger partial charge in [-0.25, -0.2) is 4.79 Å². The van der Waals surface area contributed by atoms with Crippen LogP contribution < -0.4 is 5.32 Å². The standard InChI is InChI=1S/C31H35N3O4/c1-22(2)28(30(37)38-4)32-27(35)21-33(3)29(36)26-20-34(26)31(23-14-8-5-9-15-23,24-16-10-6-11-17-24)25-18-12-7-13-19-25/h5-19,22,26,28H,20-21H2,1-4H3,(H,32,35)/t26?,28-,34+/m0/s1. The van der Waals surface area contributed by atoms with Crippen LogP contribution in [0.15, 0.2) is 91.0 Å². The second kappa shape index (κ2) is 11.6. The Balaban J connectivity index is 1.62. The highest BCUT2D eigenvalue weighted by atomic mass is 16.5. The molecule has 1 unspecified atom stereocenters. The number of hydrogen-bond acceptors (Lipinski definition) is 5. The smallest absolute Gasteiger partial charge is 0.328 e. The number of likely N-dealkylation sites (N-methyl/N-ethyl adjacent to an activating group) is 1. The zero-order chi connectivity index (χ0) is 27.3. The molecule has 38 heavy (non-hydrogen) atoms. The van der Waals surface area contributed by atoms with Crippen LogP contribution in [0.4, 0.5) is 0 Å². The van der Waals surface area contributed by atoms with E-state index in [9.17, 15) is 14.4 Å². The Kier molecular flexibility index (Phi) is 8.27. The number of amides is 2. The van der Waals surface area contributed by atoms with Gasteiger partial charge in [-0.1, -0.05) is 105 Å². The Bertz CT molecular complexity index is 1150. The Labute approximate surface area is 224 Å². The van der Waals surface area contributed by atoms with Crippen LogP contribution in [0.5, 0.6) is 0 Å². The summed E-state index contributed by atoms with van der Waals surface area (Å²) in [6.45, 7) is 4.04. The van der Waals surface area contributed by atoms with Gasteiger partial charge in [0.25, 0.3) is 0 Å². The molecule has 3 aromatic carbocycles. The lowest BCUT2D eigenvalue weighted by molar-refractivity contribution is -0.146. The summed E-state index contributed by atoms with van der Waals surface area (Å²) in [5.41, 5.74) is 2.50. The Morgan fingerprint density at radius 3 is 1.74 bits per heavy atom. The molecule has 0 aliphatic carbocycles. The van der Waals surface area contributed by atoms with Crippen LogP contribution in [0.25, 0.3) is 0 Å². The Hall–Kier alpha value is -3.97. The van der Waals surface area contributed by atoms with E-state index in [-0.39, 0.29) is 18.4 Å². The Morgan fingerprint density at radius 2 is 1.34 bits per heavy atom. The van der Waals surface area contributed by atoms with Crippen molar-refractivity contribution in [3.05, 3.63) is 108 Å². The highest BCUT2D eigenvalue weighted by Crippen LogP contribution is 2.48. The first-order valence-electron chi connectivity index (χ1n) is 12.9. The molecule has 1 saturated heterocycles. The predicted octanol–water partition coefficient (Wildman–Crippen LogP) is 3.43. The molecular weight excluding hydrogens is 478 g/mol. The van der Waals surface area contributed by atoms with Gasteiger partial charge in [0.1, 0.15) is 12.1 Å². The number of rotatable bonds is 10. The highest BCUT2D eigenvalue weighted by molar-refractivity contribution is 5.91. The summed E-state index contributed by atoms with van der Waals surface area (Å²) < 4.78 is 4.81. The predicted molar refractivity (Wildman–Crippen MR) is 146 cm³/mol. The van der Waals surface area contributed by atoms with Crippen molar-refractivity contribution in [1.82, 2.24) is 15.1 Å². The fraction of sp³-hybridized carbons (Fsp3) is 0.323. The molecule has 0 spiro atoms. The van der Waals surface area contributed by atoms with E-state index in [1.807, 2.05) is 68.4 Å². The zero-order valence-corrected chi connectivity index (χ0v) is 22.3. The van der Waals surface area contributed by atoms with Gasteiger partial charge < -0.3 is 15.0 Å². The number of carbonyl (C=O) groups excluding carboxylic acids is 3. The van der Waals surface area contributed by atoms with Gasteiger partial charge >= 0.3 is 5.97 Å². The van der Waals surface area contributed by atoms with Crippen molar-refractivity contribution in [2.75, 3.05) is 27.2 Å². The summed E-state index contributed by atoms with van der Waals surface area (Å²) in [5, 5.41) is 2.71. The minimum atomic E-state index is -0.768. The third-order valence-corrected chi connectivity index (χ3v) is 7.10. The van der Waals surface area contributed by atoms with E-state index in [1.54, 1.807) is 7.05 Å². The summed E-state index contributed by atoms with van der Waals surface area (Å²) >= 11 is 0. The molecule has 0 aromatic heterocycles. The van der Waals surface area contributed by atoms with E-state index >= 15 is 0 Å². The summed E-state index contributed by atoms with van der Waals surface area (Å²) in [6.07, 6.45) is 0. The van der Waals surface area contributed by atoms with Crippen molar-refractivity contribution in [2.45, 2.75) is 31.5 Å². The maximum Gasteiger partial charge on any atom is 0.328 e. The number of nitrogens with zero attached hydrogens (tertiary/aromatic N) is 2. The molecule has 198 valence electrons. The number of methoxy groups -OCH3 is 1. The molecule has 0 radical (unpaired) electrons. The molecule has 1 aliphatic rings. The van der Waals surface area contributed by atoms with Crippen LogP contribution in [-0.4, -0.2) is 66.9 Å². The molecule has 3 atom stereocenters. The quantitative estimate of drug-likeness (QED) is 0.255. The van der Waals surface area contributed by atoms with Gasteiger partial charge in [0.05, 0.1) is 19.2 Å². The summed E-state index contributed by atoms with van der Waals surface area (Å²) in [5.74, 6) is -1.20. The van der Waals surface area contributed by atoms with Gasteiger partial charge in [-0.15, -0.1) is 0 Å². The van der Waals surface area contributed by atoms with Gasteiger partial charge in [-0.2, -0.15) is 0 Å². The molecule has 1 heterocycles. The van der Waals surface area contributed by atoms with Crippen LogP contribution in [0.3, 0.4) is 0 Å². The maximum atomic E-state index is 13.6. The first-order chi connectivity index (χ1) is 18.3. The lowest BCUT2D eigenvalue weighted by atomic mass is 9.76. The third-order valence-electron chi connectivity index (χ3n) is 7.10. The largest absolute Gasteiger partial charge is 0.467 e. The number of carbonyl (C=O) groups is 3. The fourth-order valence-electron chi connectivity index (χ4n) is 5.15. The van der Waals surface area contributed by atoms with Crippen LogP contribution in [0, 0.1) is 5.92 Å². The molecule has 1 aliphatic heterocycles. The lowest BCUT2D eigenvalue weighted by Gasteiger charge is -2.38. The number of benzene rings is 3. The van der Waals surface area contributed by atoms with Crippen molar-refractivity contribution >= 4 is 17.8 Å². The van der Waals surface area contributed by atoms with Crippen LogP contribution >= 0.6 is 0 Å². The summed E-state index contributed by atoms with van der Waals surface area (Å²) in [6, 6.07) is 29.4. The molecule has 0 bridgehead atoms. The first-order valence-corrected chi connectivity index (χ1v) is 12.9. The maximum absolute atomic E-state index is 13.6. The SMILES string of the molecule is COC(=O)[C@@H](NC(=O)CN(C)C(=O)C1C[N@@]1C(c1ccccc1)(c1ccccc1)c1ccccc1)C(C)C. The van der Waals surface area contributed by atoms with Crippen molar-refractivity contribution in [3.63, 3.8) is 0 Å². The van der Waals surface area contributed by atoms with Crippen LogP contribution in [0.2, 0.25) is 0 Å². The zero-order valence-electron chi connectivity index (χ0n) is 22.3. The fourth-order valence-corrected chi connectivity index (χ4v) is 5.15. The summed E-state index contributed by atoms with van der Waals surface area (Å²) in [4.78, 5) is 42.0. The minimum absolute atomic E-state index is 0.144. The van der Waals surface area contributed by atoms with Crippen LogP contribution in [-0.2, 0) is 24.7 Å². The normalized spacial score (nSPS) is 17.4. The van der Waals surface area contributed by atoms with Crippen LogP contribution in [0.1, 0.15) is 30.5 Å². The molecule has 2 amide bonds. The average Bonchev–Trinajstić information content (AvgIpc) is 3.74. The van der Waals surface area contributed by atoms with Gasteiger partial charge in [0, 0.05) is 13.6 Å². The molecule has 3 aromatic rings. The van der Waals surface area contributed by atoms with Gasteiger partial charge in [-0.05, 0) is 22.6 Å². The van der Waals surface area contributed by atoms with Gasteiger partial charge in [0.15, 0.2) is 0 Å². The minimum Gasteiger partial charge on any atom is -0.467 e. The van der Waals surface area contributed by atoms with E-state index in [0.717, 1.165) is 16.7 Å². The second-order valence-corrected chi connectivity index (χ2v) is 9.98. The van der Waals surface area contributed by atoms with Crippen molar-refractivity contribution in [2.24, 2.45) is 5.92 Å². The van der Waals surface area contributed by atoms with Crippen molar-refractivity contribution in [3.8, 4) is 0 Å². The van der Waals surface area contributed by atoms with Gasteiger partial charge in [0.2, 0.25) is 11.8 Å². The van der Waals surface area contributed by atoms with E-state index in [4.69, 9.17) is 4.74 Å². The first kappa shape index (κ1) is 27.1.